The van der Waals surface area contributed by atoms with Crippen LogP contribution in [0.2, 0.25) is 0 Å². The van der Waals surface area contributed by atoms with Crippen LogP contribution in [0.4, 0.5) is 10.1 Å². The minimum atomic E-state index is -0.387. The van der Waals surface area contributed by atoms with Gasteiger partial charge < -0.3 is 14.9 Å². The topological polar surface area (TPSA) is 72.5 Å². The second kappa shape index (κ2) is 7.07. The zero-order valence-electron chi connectivity index (χ0n) is 14.6. The number of aliphatic hydroxyl groups excluding tert-OH is 1. The van der Waals surface area contributed by atoms with Crippen molar-refractivity contribution >= 4 is 11.6 Å². The minimum absolute atomic E-state index is 0.0233. The van der Waals surface area contributed by atoms with Gasteiger partial charge in [0.05, 0.1) is 18.0 Å². The molecule has 26 heavy (non-hydrogen) atoms. The third-order valence-corrected chi connectivity index (χ3v) is 5.44. The van der Waals surface area contributed by atoms with Gasteiger partial charge >= 0.3 is 0 Å². The van der Waals surface area contributed by atoms with Crippen LogP contribution in [0.5, 0.6) is 0 Å². The monoisotopic (exact) mass is 358 g/mol. The molecule has 0 spiro atoms. The van der Waals surface area contributed by atoms with E-state index in [-0.39, 0.29) is 23.7 Å². The molecule has 2 aliphatic rings. The molecular weight excluding hydrogens is 335 g/mol. The molecule has 1 aromatic carbocycles. The number of likely N-dealkylation sites (tertiary alicyclic amines) is 1. The molecule has 2 fully saturated rings. The van der Waals surface area contributed by atoms with Gasteiger partial charge in [-0.15, -0.1) is 0 Å². The number of β-amino-alcohol motifs (C(OH)–C–C–N with tert-alkyl or cyclic N) is 1. The molecule has 6 nitrogen and oxygen atoms in total. The number of aliphatic hydroxyl groups is 1. The lowest BCUT2D eigenvalue weighted by molar-refractivity contribution is -0.135. The van der Waals surface area contributed by atoms with Gasteiger partial charge in [0.2, 0.25) is 5.91 Å². The Kier molecular flexibility index (Phi) is 4.63. The van der Waals surface area contributed by atoms with Gasteiger partial charge in [0.1, 0.15) is 5.82 Å². The molecule has 1 atom stereocenters. The van der Waals surface area contributed by atoms with Gasteiger partial charge in [-0.2, -0.15) is 5.10 Å². The third-order valence-electron chi connectivity index (χ3n) is 5.44. The number of nitrogens with zero attached hydrogens (tertiary/aromatic N) is 3. The van der Waals surface area contributed by atoms with Crippen LogP contribution in [0.1, 0.15) is 19.3 Å². The summed E-state index contributed by atoms with van der Waals surface area (Å²) < 4.78 is 14.6. The van der Waals surface area contributed by atoms with Crippen LogP contribution in [0.3, 0.4) is 0 Å². The third kappa shape index (κ3) is 3.31. The van der Waals surface area contributed by atoms with Crippen molar-refractivity contribution in [2.45, 2.75) is 25.4 Å². The lowest BCUT2D eigenvalue weighted by Crippen LogP contribution is -2.42. The van der Waals surface area contributed by atoms with Crippen LogP contribution in [-0.4, -0.2) is 58.4 Å². The molecule has 3 heterocycles. The first-order chi connectivity index (χ1) is 12.6. The van der Waals surface area contributed by atoms with Crippen LogP contribution in [-0.2, 0) is 4.79 Å². The number of aromatic amines is 1. The van der Waals surface area contributed by atoms with Crippen LogP contribution >= 0.6 is 0 Å². The number of aromatic nitrogens is 2. The fraction of sp³-hybridized carbons (Fsp3) is 0.474. The maximum absolute atomic E-state index is 14.6. The number of hydrogen-bond donors (Lipinski definition) is 2. The summed E-state index contributed by atoms with van der Waals surface area (Å²) in [6.45, 7) is 2.41. The summed E-state index contributed by atoms with van der Waals surface area (Å²) in [6, 6.07) is 5.23. The summed E-state index contributed by atoms with van der Waals surface area (Å²) in [5.41, 5.74) is 2.23. The summed E-state index contributed by atoms with van der Waals surface area (Å²) in [6.07, 6.45) is 5.12. The number of nitrogens with one attached hydrogen (secondary N) is 1. The average Bonchev–Trinajstić information content (AvgIpc) is 3.33. The van der Waals surface area contributed by atoms with E-state index in [1.807, 2.05) is 11.0 Å². The normalized spacial score (nSPS) is 21.4. The Morgan fingerprint density at radius 2 is 2.00 bits per heavy atom. The molecule has 2 saturated heterocycles. The summed E-state index contributed by atoms with van der Waals surface area (Å²) in [5.74, 6) is -0.141. The Bertz CT molecular complexity index is 772. The molecule has 0 bridgehead atoms. The van der Waals surface area contributed by atoms with Crippen molar-refractivity contribution < 1.29 is 14.3 Å². The van der Waals surface area contributed by atoms with Crippen molar-refractivity contribution in [1.82, 2.24) is 15.1 Å². The van der Waals surface area contributed by atoms with Crippen LogP contribution < -0.4 is 4.90 Å². The summed E-state index contributed by atoms with van der Waals surface area (Å²) >= 11 is 0. The number of carbonyl (C=O) groups excluding carboxylic acids is 1. The van der Waals surface area contributed by atoms with Crippen molar-refractivity contribution in [2.75, 3.05) is 31.1 Å². The van der Waals surface area contributed by atoms with Crippen molar-refractivity contribution in [3.05, 3.63) is 36.4 Å². The highest BCUT2D eigenvalue weighted by atomic mass is 19.1. The van der Waals surface area contributed by atoms with E-state index in [4.69, 9.17) is 0 Å². The number of piperidine rings is 1. The lowest BCUT2D eigenvalue weighted by atomic mass is 9.94. The number of amides is 1. The molecule has 2 aliphatic heterocycles. The molecule has 138 valence electrons. The van der Waals surface area contributed by atoms with E-state index >= 15 is 0 Å². The number of benzene rings is 1. The highest BCUT2D eigenvalue weighted by Gasteiger charge is 2.32. The number of anilines is 1. The van der Waals surface area contributed by atoms with Crippen LogP contribution in [0.25, 0.3) is 11.1 Å². The second-order valence-corrected chi connectivity index (χ2v) is 7.14. The second-order valence-electron chi connectivity index (χ2n) is 7.14. The Morgan fingerprint density at radius 3 is 2.62 bits per heavy atom. The number of H-pyrrole nitrogens is 1. The van der Waals surface area contributed by atoms with Crippen molar-refractivity contribution in [2.24, 2.45) is 5.92 Å². The van der Waals surface area contributed by atoms with Gasteiger partial charge in [-0.3, -0.25) is 9.89 Å². The minimum Gasteiger partial charge on any atom is -0.391 e. The Hall–Kier alpha value is -2.41. The summed E-state index contributed by atoms with van der Waals surface area (Å²) in [5, 5.41) is 16.2. The molecule has 4 rings (SSSR count). The molecule has 0 radical (unpaired) electrons. The van der Waals surface area contributed by atoms with Crippen LogP contribution in [0.15, 0.2) is 30.6 Å². The Balaban J connectivity index is 1.39. The first kappa shape index (κ1) is 17.0. The van der Waals surface area contributed by atoms with Crippen molar-refractivity contribution in [3.8, 4) is 11.1 Å². The summed E-state index contributed by atoms with van der Waals surface area (Å²) in [7, 11) is 0. The number of rotatable bonds is 3. The Morgan fingerprint density at radius 1 is 1.19 bits per heavy atom. The predicted octanol–water partition coefficient (Wildman–Crippen LogP) is 2.03. The van der Waals surface area contributed by atoms with Crippen LogP contribution in [0, 0.1) is 11.7 Å². The highest BCUT2D eigenvalue weighted by Crippen LogP contribution is 2.30. The molecular formula is C19H23FN4O2. The van der Waals surface area contributed by atoms with E-state index in [1.54, 1.807) is 23.4 Å². The standard InChI is InChI=1S/C19H23FN4O2/c20-17-9-14(15-10-21-22-11-15)1-2-18(17)23-6-3-13(4-7-23)19(26)24-8-5-16(25)12-24/h1-2,9-11,13,16,25H,3-8,12H2,(H,21,22). The zero-order chi connectivity index (χ0) is 18.1. The zero-order valence-corrected chi connectivity index (χ0v) is 14.6. The van der Waals surface area contributed by atoms with Gasteiger partial charge in [-0.05, 0) is 37.0 Å². The van der Waals surface area contributed by atoms with E-state index in [1.165, 1.54) is 6.07 Å². The molecule has 7 heteroatoms. The maximum atomic E-state index is 14.6. The smallest absolute Gasteiger partial charge is 0.225 e. The molecule has 0 saturated carbocycles. The Labute approximate surface area is 151 Å². The molecule has 1 aromatic heterocycles. The van der Waals surface area contributed by atoms with Gasteiger partial charge in [-0.25, -0.2) is 4.39 Å². The maximum Gasteiger partial charge on any atom is 0.225 e. The van der Waals surface area contributed by atoms with E-state index in [0.29, 0.717) is 51.1 Å². The molecule has 1 amide bonds. The fourth-order valence-electron chi connectivity index (χ4n) is 3.92. The van der Waals surface area contributed by atoms with Gasteiger partial charge in [0.25, 0.3) is 0 Å². The number of carbonyl (C=O) groups is 1. The average molecular weight is 358 g/mol. The predicted molar refractivity (Wildman–Crippen MR) is 96.1 cm³/mol. The number of hydrogen-bond acceptors (Lipinski definition) is 4. The van der Waals surface area contributed by atoms with Crippen molar-refractivity contribution in [3.63, 3.8) is 0 Å². The number of halogens is 1. The molecule has 2 N–H and O–H groups in total. The van der Waals surface area contributed by atoms with E-state index < -0.39 is 0 Å². The van der Waals surface area contributed by atoms with Crippen molar-refractivity contribution in [1.29, 1.82) is 0 Å². The highest BCUT2D eigenvalue weighted by molar-refractivity contribution is 5.79. The molecule has 0 aliphatic carbocycles. The molecule has 2 aromatic rings. The fourth-order valence-corrected chi connectivity index (χ4v) is 3.92. The van der Waals surface area contributed by atoms with Gasteiger partial charge in [0.15, 0.2) is 0 Å². The van der Waals surface area contributed by atoms with E-state index in [9.17, 15) is 14.3 Å². The summed E-state index contributed by atoms with van der Waals surface area (Å²) in [4.78, 5) is 16.3. The molecule has 1 unspecified atom stereocenters. The van der Waals surface area contributed by atoms with E-state index in [0.717, 1.165) is 11.1 Å². The first-order valence-corrected chi connectivity index (χ1v) is 9.12. The largest absolute Gasteiger partial charge is 0.391 e. The SMILES string of the molecule is O=C(C1CCN(c2ccc(-c3cn[nH]c3)cc2F)CC1)N1CCC(O)C1. The first-order valence-electron chi connectivity index (χ1n) is 9.12. The quantitative estimate of drug-likeness (QED) is 0.881. The van der Waals surface area contributed by atoms with Gasteiger partial charge in [-0.1, -0.05) is 6.07 Å². The lowest BCUT2D eigenvalue weighted by Gasteiger charge is -2.34. The van der Waals surface area contributed by atoms with Gasteiger partial charge in [0, 0.05) is 43.9 Å². The van der Waals surface area contributed by atoms with E-state index in [2.05, 4.69) is 10.2 Å².